The van der Waals surface area contributed by atoms with Crippen molar-refractivity contribution in [2.75, 3.05) is 17.2 Å². The van der Waals surface area contributed by atoms with E-state index in [1.807, 2.05) is 0 Å². The largest absolute Gasteiger partial charge is 0.508 e. The lowest BCUT2D eigenvalue weighted by atomic mass is 9.98. The molecule has 0 unspecified atom stereocenters. The van der Waals surface area contributed by atoms with Crippen molar-refractivity contribution in [2.45, 2.75) is 0 Å². The molecule has 0 aliphatic carbocycles. The fourth-order valence-corrected chi connectivity index (χ4v) is 2.39. The van der Waals surface area contributed by atoms with Gasteiger partial charge in [0.05, 0.1) is 11.1 Å². The lowest BCUT2D eigenvalue weighted by molar-refractivity contribution is -0.111. The zero-order valence-electron chi connectivity index (χ0n) is 11.5. The van der Waals surface area contributed by atoms with Crippen LogP contribution >= 0.6 is 0 Å². The van der Waals surface area contributed by atoms with E-state index in [9.17, 15) is 20.1 Å². The summed E-state index contributed by atoms with van der Waals surface area (Å²) in [5, 5.41) is 34.6. The van der Waals surface area contributed by atoms with E-state index >= 15 is 0 Å². The molecule has 0 atom stereocenters. The highest BCUT2D eigenvalue weighted by molar-refractivity contribution is 6.27. The van der Waals surface area contributed by atoms with Crippen LogP contribution in [0.3, 0.4) is 0 Å². The number of fused-ring (bicyclic) bond motifs is 1. The van der Waals surface area contributed by atoms with Crippen LogP contribution < -0.4 is 10.6 Å². The highest BCUT2D eigenvalue weighted by Crippen LogP contribution is 2.38. The van der Waals surface area contributed by atoms with Gasteiger partial charge in [-0.1, -0.05) is 12.1 Å². The van der Waals surface area contributed by atoms with Crippen LogP contribution in [0.15, 0.2) is 42.5 Å². The standard InChI is InChI=1S/C16H14N2O4/c19-10-3-1-2-9(6-10)18-16(22)12-4-5-17-13-7-11(20)8-14(21)15(12)13/h1-4,6-8,17,19-21H,5H2,(H,18,22). The number of carbonyl (C=O) groups is 1. The Morgan fingerprint density at radius 2 is 1.91 bits per heavy atom. The smallest absolute Gasteiger partial charge is 0.256 e. The first-order chi connectivity index (χ1) is 10.5. The Morgan fingerprint density at radius 3 is 2.68 bits per heavy atom. The van der Waals surface area contributed by atoms with Gasteiger partial charge in [-0.05, 0) is 12.1 Å². The molecule has 2 aromatic carbocycles. The maximum atomic E-state index is 12.4. The van der Waals surface area contributed by atoms with Gasteiger partial charge in [-0.25, -0.2) is 0 Å². The second-order valence-corrected chi connectivity index (χ2v) is 4.89. The molecule has 0 radical (unpaired) electrons. The SMILES string of the molecule is O=C(Nc1cccc(O)c1)C1=CCNc2cc(O)cc(O)c21. The minimum Gasteiger partial charge on any atom is -0.508 e. The van der Waals surface area contributed by atoms with Crippen molar-refractivity contribution in [2.24, 2.45) is 0 Å². The second-order valence-electron chi connectivity index (χ2n) is 4.89. The van der Waals surface area contributed by atoms with Crippen LogP contribution in [0.2, 0.25) is 0 Å². The van der Waals surface area contributed by atoms with Crippen LogP contribution in [-0.2, 0) is 4.79 Å². The van der Waals surface area contributed by atoms with Gasteiger partial charge >= 0.3 is 0 Å². The first kappa shape index (κ1) is 13.8. The van der Waals surface area contributed by atoms with Gasteiger partial charge in [0.2, 0.25) is 0 Å². The first-order valence-electron chi connectivity index (χ1n) is 6.65. The third kappa shape index (κ3) is 2.54. The zero-order chi connectivity index (χ0) is 15.7. The molecule has 5 N–H and O–H groups in total. The Hall–Kier alpha value is -3.15. The number of aromatic hydroxyl groups is 3. The van der Waals surface area contributed by atoms with E-state index in [0.29, 0.717) is 29.1 Å². The molecule has 1 aliphatic heterocycles. The number of phenolic OH excluding ortho intramolecular Hbond substituents is 3. The topological polar surface area (TPSA) is 102 Å². The van der Waals surface area contributed by atoms with Crippen molar-refractivity contribution in [3.05, 3.63) is 48.0 Å². The van der Waals surface area contributed by atoms with Crippen LogP contribution in [-0.4, -0.2) is 27.8 Å². The Kier molecular flexibility index (Phi) is 3.34. The lowest BCUT2D eigenvalue weighted by Gasteiger charge is -2.20. The van der Waals surface area contributed by atoms with Crippen LogP contribution in [0.4, 0.5) is 11.4 Å². The summed E-state index contributed by atoms with van der Waals surface area (Å²) >= 11 is 0. The van der Waals surface area contributed by atoms with Gasteiger partial charge in [0.15, 0.2) is 0 Å². The number of carbonyl (C=O) groups excluding carboxylic acids is 1. The van der Waals surface area contributed by atoms with Crippen molar-refractivity contribution >= 4 is 22.9 Å². The number of rotatable bonds is 2. The molecule has 1 heterocycles. The van der Waals surface area contributed by atoms with Crippen molar-refractivity contribution in [3.8, 4) is 17.2 Å². The van der Waals surface area contributed by atoms with Gasteiger partial charge in [0.25, 0.3) is 5.91 Å². The van der Waals surface area contributed by atoms with Gasteiger partial charge in [-0.2, -0.15) is 0 Å². The summed E-state index contributed by atoms with van der Waals surface area (Å²) in [4.78, 5) is 12.4. The molecular formula is C16H14N2O4. The molecule has 3 rings (SSSR count). The Labute approximate surface area is 126 Å². The lowest BCUT2D eigenvalue weighted by Crippen LogP contribution is -2.19. The number of hydrogen-bond donors (Lipinski definition) is 5. The van der Waals surface area contributed by atoms with Gasteiger partial charge in [-0.3, -0.25) is 4.79 Å². The minimum atomic E-state index is -0.408. The molecule has 6 nitrogen and oxygen atoms in total. The molecule has 0 spiro atoms. The summed E-state index contributed by atoms with van der Waals surface area (Å²) < 4.78 is 0. The monoisotopic (exact) mass is 298 g/mol. The number of amides is 1. The highest BCUT2D eigenvalue weighted by Gasteiger charge is 2.23. The average molecular weight is 298 g/mol. The molecule has 0 saturated carbocycles. The molecule has 2 aromatic rings. The Balaban J connectivity index is 1.93. The third-order valence-electron chi connectivity index (χ3n) is 3.32. The fourth-order valence-electron chi connectivity index (χ4n) is 2.39. The van der Waals surface area contributed by atoms with Crippen molar-refractivity contribution in [3.63, 3.8) is 0 Å². The van der Waals surface area contributed by atoms with Gasteiger partial charge < -0.3 is 26.0 Å². The van der Waals surface area contributed by atoms with Crippen LogP contribution in [0.5, 0.6) is 17.2 Å². The number of hydrogen-bond acceptors (Lipinski definition) is 5. The summed E-state index contributed by atoms with van der Waals surface area (Å²) in [6.45, 7) is 0.401. The summed E-state index contributed by atoms with van der Waals surface area (Å²) in [5.41, 5.74) is 1.57. The number of anilines is 2. The minimum absolute atomic E-state index is 0.0465. The zero-order valence-corrected chi connectivity index (χ0v) is 11.5. The maximum Gasteiger partial charge on any atom is 0.256 e. The Bertz CT molecular complexity index is 784. The van der Waals surface area contributed by atoms with E-state index in [-0.39, 0.29) is 17.2 Å². The molecule has 6 heteroatoms. The molecule has 0 fully saturated rings. The summed E-state index contributed by atoms with van der Waals surface area (Å²) in [6.07, 6.45) is 1.65. The molecular weight excluding hydrogens is 284 g/mol. The average Bonchev–Trinajstić information content (AvgIpc) is 2.46. The summed E-state index contributed by atoms with van der Waals surface area (Å²) in [5.74, 6) is -0.627. The first-order valence-corrected chi connectivity index (χ1v) is 6.65. The number of benzene rings is 2. The third-order valence-corrected chi connectivity index (χ3v) is 3.32. The summed E-state index contributed by atoms with van der Waals surface area (Å²) in [6, 6.07) is 8.83. The van der Waals surface area contributed by atoms with Crippen molar-refractivity contribution in [1.82, 2.24) is 0 Å². The summed E-state index contributed by atoms with van der Waals surface area (Å²) in [7, 11) is 0. The van der Waals surface area contributed by atoms with E-state index in [1.54, 1.807) is 18.2 Å². The van der Waals surface area contributed by atoms with E-state index in [4.69, 9.17) is 0 Å². The van der Waals surface area contributed by atoms with Crippen LogP contribution in [0.1, 0.15) is 5.56 Å². The predicted molar refractivity (Wildman–Crippen MR) is 83.0 cm³/mol. The molecule has 1 aliphatic rings. The van der Waals surface area contributed by atoms with Gasteiger partial charge in [0.1, 0.15) is 17.2 Å². The normalized spacial score (nSPS) is 12.8. The van der Waals surface area contributed by atoms with Crippen molar-refractivity contribution in [1.29, 1.82) is 0 Å². The molecule has 22 heavy (non-hydrogen) atoms. The molecule has 1 amide bonds. The number of nitrogens with one attached hydrogen (secondary N) is 2. The van der Waals surface area contributed by atoms with Crippen LogP contribution in [0.25, 0.3) is 5.57 Å². The number of phenols is 3. The van der Waals surface area contributed by atoms with E-state index < -0.39 is 5.91 Å². The quantitative estimate of drug-likeness (QED) is 0.585. The maximum absolute atomic E-state index is 12.4. The fraction of sp³-hybridized carbons (Fsp3) is 0.0625. The molecule has 0 aromatic heterocycles. The van der Waals surface area contributed by atoms with E-state index in [2.05, 4.69) is 10.6 Å². The van der Waals surface area contributed by atoms with E-state index in [1.165, 1.54) is 24.3 Å². The van der Waals surface area contributed by atoms with Gasteiger partial charge in [0, 0.05) is 36.1 Å². The molecule has 112 valence electrons. The molecule has 0 bridgehead atoms. The molecule has 0 saturated heterocycles. The Morgan fingerprint density at radius 1 is 1.09 bits per heavy atom. The van der Waals surface area contributed by atoms with Gasteiger partial charge in [-0.15, -0.1) is 0 Å². The second kappa shape index (κ2) is 5.33. The van der Waals surface area contributed by atoms with E-state index in [0.717, 1.165) is 0 Å². The highest BCUT2D eigenvalue weighted by atomic mass is 16.3. The predicted octanol–water partition coefficient (Wildman–Crippen LogP) is 2.25. The van der Waals surface area contributed by atoms with Crippen LogP contribution in [0, 0.1) is 0 Å². The van der Waals surface area contributed by atoms with Crippen molar-refractivity contribution < 1.29 is 20.1 Å².